The summed E-state index contributed by atoms with van der Waals surface area (Å²) < 4.78 is 18.3. The lowest BCUT2D eigenvalue weighted by molar-refractivity contribution is 0.100. The van der Waals surface area contributed by atoms with E-state index in [4.69, 9.17) is 10.2 Å². The van der Waals surface area contributed by atoms with Gasteiger partial charge in [0.1, 0.15) is 5.82 Å². The molecule has 7 heteroatoms. The number of oxazole rings is 1. The van der Waals surface area contributed by atoms with E-state index in [-0.39, 0.29) is 22.7 Å². The lowest BCUT2D eigenvalue weighted by atomic mass is 10.1. The zero-order valence-electron chi connectivity index (χ0n) is 12.3. The Labute approximate surface area is 136 Å². The van der Waals surface area contributed by atoms with Crippen LogP contribution in [0.5, 0.6) is 0 Å². The number of carbonyl (C=O) groups excluding carboxylic acids is 2. The molecule has 0 spiro atoms. The highest BCUT2D eigenvalue weighted by Gasteiger charge is 2.20. The van der Waals surface area contributed by atoms with Gasteiger partial charge in [0.2, 0.25) is 0 Å². The summed E-state index contributed by atoms with van der Waals surface area (Å²) in [6.45, 7) is 0. The van der Waals surface area contributed by atoms with Crippen molar-refractivity contribution >= 4 is 17.5 Å². The highest BCUT2D eigenvalue weighted by atomic mass is 19.1. The molecular weight excluding hydrogens is 313 g/mol. The molecule has 0 unspecified atom stereocenters. The van der Waals surface area contributed by atoms with Gasteiger partial charge in [-0.3, -0.25) is 9.59 Å². The SMILES string of the molecule is NC(=O)c1ccccc1NC(=O)c1ncoc1-c1ccc(F)cc1. The molecule has 2 amide bonds. The molecule has 3 rings (SSSR count). The van der Waals surface area contributed by atoms with Gasteiger partial charge in [-0.25, -0.2) is 9.37 Å². The smallest absolute Gasteiger partial charge is 0.278 e. The summed E-state index contributed by atoms with van der Waals surface area (Å²) in [6, 6.07) is 11.8. The molecule has 0 atom stereocenters. The van der Waals surface area contributed by atoms with E-state index >= 15 is 0 Å². The van der Waals surface area contributed by atoms with E-state index in [9.17, 15) is 14.0 Å². The van der Waals surface area contributed by atoms with Crippen molar-refractivity contribution in [2.24, 2.45) is 5.73 Å². The van der Waals surface area contributed by atoms with Crippen molar-refractivity contribution in [1.29, 1.82) is 0 Å². The lowest BCUT2D eigenvalue weighted by Gasteiger charge is -2.08. The van der Waals surface area contributed by atoms with E-state index in [1.54, 1.807) is 18.2 Å². The average Bonchev–Trinajstić information content (AvgIpc) is 3.05. The number of rotatable bonds is 4. The van der Waals surface area contributed by atoms with Crippen molar-refractivity contribution < 1.29 is 18.4 Å². The van der Waals surface area contributed by atoms with Gasteiger partial charge in [-0.1, -0.05) is 12.1 Å². The molecule has 0 saturated carbocycles. The van der Waals surface area contributed by atoms with Gasteiger partial charge in [0.25, 0.3) is 11.8 Å². The van der Waals surface area contributed by atoms with Gasteiger partial charge in [-0.15, -0.1) is 0 Å². The van der Waals surface area contributed by atoms with Gasteiger partial charge in [0.15, 0.2) is 17.8 Å². The number of benzene rings is 2. The number of carbonyl (C=O) groups is 2. The van der Waals surface area contributed by atoms with Gasteiger partial charge in [-0.2, -0.15) is 0 Å². The van der Waals surface area contributed by atoms with Crippen LogP contribution in [-0.4, -0.2) is 16.8 Å². The number of para-hydroxylation sites is 1. The zero-order chi connectivity index (χ0) is 17.1. The number of hydrogen-bond acceptors (Lipinski definition) is 4. The summed E-state index contributed by atoms with van der Waals surface area (Å²) in [7, 11) is 0. The summed E-state index contributed by atoms with van der Waals surface area (Å²) in [6.07, 6.45) is 1.12. The highest BCUT2D eigenvalue weighted by Crippen LogP contribution is 2.24. The van der Waals surface area contributed by atoms with Crippen LogP contribution >= 0.6 is 0 Å². The van der Waals surface area contributed by atoms with Gasteiger partial charge in [0.05, 0.1) is 11.3 Å². The summed E-state index contributed by atoms with van der Waals surface area (Å²) in [5.74, 6) is -1.44. The third kappa shape index (κ3) is 3.00. The maximum Gasteiger partial charge on any atom is 0.278 e. The van der Waals surface area contributed by atoms with Crippen molar-refractivity contribution in [3.05, 3.63) is 72.0 Å². The Morgan fingerprint density at radius 2 is 1.79 bits per heavy atom. The summed E-state index contributed by atoms with van der Waals surface area (Å²) in [4.78, 5) is 27.8. The molecule has 0 bridgehead atoms. The van der Waals surface area contributed by atoms with Gasteiger partial charge >= 0.3 is 0 Å². The topological polar surface area (TPSA) is 98.2 Å². The molecule has 0 saturated heterocycles. The molecule has 1 aromatic heterocycles. The van der Waals surface area contributed by atoms with E-state index < -0.39 is 17.6 Å². The van der Waals surface area contributed by atoms with Crippen molar-refractivity contribution in [2.75, 3.05) is 5.32 Å². The van der Waals surface area contributed by atoms with Crippen LogP contribution in [0.1, 0.15) is 20.8 Å². The fraction of sp³-hybridized carbons (Fsp3) is 0. The standard InChI is InChI=1S/C17H12FN3O3/c18-11-7-5-10(6-8-11)15-14(20-9-24-15)17(23)21-13-4-2-1-3-12(13)16(19)22/h1-9H,(H2,19,22)(H,21,23). The number of anilines is 1. The summed E-state index contributed by atoms with van der Waals surface area (Å²) >= 11 is 0. The lowest BCUT2D eigenvalue weighted by Crippen LogP contribution is -2.18. The van der Waals surface area contributed by atoms with Crippen molar-refractivity contribution in [2.45, 2.75) is 0 Å². The Morgan fingerprint density at radius 1 is 1.08 bits per heavy atom. The van der Waals surface area contributed by atoms with Crippen LogP contribution in [-0.2, 0) is 0 Å². The number of halogens is 1. The maximum absolute atomic E-state index is 13.0. The minimum Gasteiger partial charge on any atom is -0.443 e. The van der Waals surface area contributed by atoms with E-state index in [2.05, 4.69) is 10.3 Å². The fourth-order valence-corrected chi connectivity index (χ4v) is 2.20. The monoisotopic (exact) mass is 325 g/mol. The third-order valence-electron chi connectivity index (χ3n) is 3.33. The van der Waals surface area contributed by atoms with Gasteiger partial charge < -0.3 is 15.5 Å². The number of hydrogen-bond donors (Lipinski definition) is 2. The maximum atomic E-state index is 13.0. The van der Waals surface area contributed by atoms with E-state index in [1.165, 1.54) is 30.3 Å². The molecular formula is C17H12FN3O3. The Bertz CT molecular complexity index is 903. The molecule has 0 aliphatic carbocycles. The Morgan fingerprint density at radius 3 is 2.50 bits per heavy atom. The highest BCUT2D eigenvalue weighted by molar-refractivity contribution is 6.09. The molecule has 6 nitrogen and oxygen atoms in total. The van der Waals surface area contributed by atoms with Gasteiger partial charge in [0, 0.05) is 5.56 Å². The predicted molar refractivity (Wildman–Crippen MR) is 84.8 cm³/mol. The number of nitrogens with one attached hydrogen (secondary N) is 1. The van der Waals surface area contributed by atoms with Crippen LogP contribution in [0.3, 0.4) is 0 Å². The number of primary amides is 1. The fourth-order valence-electron chi connectivity index (χ4n) is 2.20. The minimum atomic E-state index is -0.662. The van der Waals surface area contributed by atoms with Crippen LogP contribution in [0.25, 0.3) is 11.3 Å². The molecule has 0 fully saturated rings. The summed E-state index contributed by atoms with van der Waals surface area (Å²) in [5, 5.41) is 2.58. The van der Waals surface area contributed by atoms with Gasteiger partial charge in [-0.05, 0) is 36.4 Å². The number of nitrogens with zero attached hydrogens (tertiary/aromatic N) is 1. The van der Waals surface area contributed by atoms with Crippen LogP contribution in [0.4, 0.5) is 10.1 Å². The number of amides is 2. The zero-order valence-corrected chi connectivity index (χ0v) is 12.3. The first kappa shape index (κ1) is 15.4. The molecule has 120 valence electrons. The molecule has 2 aromatic carbocycles. The average molecular weight is 325 g/mol. The normalized spacial score (nSPS) is 10.4. The number of nitrogens with two attached hydrogens (primary N) is 1. The minimum absolute atomic E-state index is 0.0147. The van der Waals surface area contributed by atoms with Crippen LogP contribution in [0, 0.1) is 5.82 Å². The first-order chi connectivity index (χ1) is 11.6. The molecule has 24 heavy (non-hydrogen) atoms. The quantitative estimate of drug-likeness (QED) is 0.770. The molecule has 1 heterocycles. The largest absolute Gasteiger partial charge is 0.443 e. The Kier molecular flexibility index (Phi) is 4.07. The Balaban J connectivity index is 1.91. The van der Waals surface area contributed by atoms with E-state index in [0.29, 0.717) is 5.56 Å². The van der Waals surface area contributed by atoms with Crippen LogP contribution in [0.15, 0.2) is 59.3 Å². The van der Waals surface area contributed by atoms with Crippen LogP contribution in [0.2, 0.25) is 0 Å². The first-order valence-corrected chi connectivity index (χ1v) is 6.96. The van der Waals surface area contributed by atoms with Crippen molar-refractivity contribution in [3.8, 4) is 11.3 Å². The molecule has 3 N–H and O–H groups in total. The van der Waals surface area contributed by atoms with Crippen molar-refractivity contribution in [1.82, 2.24) is 4.98 Å². The Hall–Kier alpha value is -3.48. The van der Waals surface area contributed by atoms with E-state index in [1.807, 2.05) is 0 Å². The second kappa shape index (κ2) is 6.33. The second-order valence-electron chi connectivity index (χ2n) is 4.90. The molecule has 0 aliphatic rings. The number of aromatic nitrogens is 1. The van der Waals surface area contributed by atoms with Crippen LogP contribution < -0.4 is 11.1 Å². The predicted octanol–water partition coefficient (Wildman–Crippen LogP) is 2.83. The first-order valence-electron chi connectivity index (χ1n) is 6.96. The van der Waals surface area contributed by atoms with E-state index in [0.717, 1.165) is 6.39 Å². The third-order valence-corrected chi connectivity index (χ3v) is 3.33. The second-order valence-corrected chi connectivity index (χ2v) is 4.90. The van der Waals surface area contributed by atoms with Crippen molar-refractivity contribution in [3.63, 3.8) is 0 Å². The molecule has 0 radical (unpaired) electrons. The molecule has 0 aliphatic heterocycles. The molecule has 3 aromatic rings. The summed E-state index contributed by atoms with van der Waals surface area (Å²) in [5.41, 5.74) is 6.25.